The number of aromatic nitrogens is 1. The van der Waals surface area contributed by atoms with Crippen LogP contribution in [-0.4, -0.2) is 55.2 Å². The Hall–Kier alpha value is -1.93. The summed E-state index contributed by atoms with van der Waals surface area (Å²) in [6.07, 6.45) is 2.36. The van der Waals surface area contributed by atoms with E-state index in [9.17, 15) is 4.79 Å². The van der Waals surface area contributed by atoms with Crippen LogP contribution in [0.3, 0.4) is 0 Å². The molecule has 0 bridgehead atoms. The standard InChI is InChI=1S/C19H20ClN3O3S/c20-14-4-5-15-17(13-14)27-19(21-15)23(18(24)16-3-1-10-26-16)7-2-6-22-8-11-25-12-9-22/h1,3-5,10,13H,2,6-9,11-12H2. The number of carbonyl (C=O) groups excluding carboxylic acids is 1. The zero-order valence-corrected chi connectivity index (χ0v) is 16.3. The van der Waals surface area contributed by atoms with Gasteiger partial charge in [0.1, 0.15) is 0 Å². The quantitative estimate of drug-likeness (QED) is 0.622. The summed E-state index contributed by atoms with van der Waals surface area (Å²) in [6.45, 7) is 4.91. The van der Waals surface area contributed by atoms with Crippen LogP contribution in [0.25, 0.3) is 10.2 Å². The van der Waals surface area contributed by atoms with E-state index < -0.39 is 0 Å². The Bertz CT molecular complexity index is 906. The molecule has 0 radical (unpaired) electrons. The number of thiazole rings is 1. The van der Waals surface area contributed by atoms with E-state index in [0.717, 1.165) is 49.5 Å². The van der Waals surface area contributed by atoms with Crippen LogP contribution in [0.4, 0.5) is 5.13 Å². The number of carbonyl (C=O) groups is 1. The molecule has 8 heteroatoms. The van der Waals surface area contributed by atoms with Gasteiger partial charge in [-0.05, 0) is 36.8 Å². The van der Waals surface area contributed by atoms with Crippen molar-refractivity contribution in [2.75, 3.05) is 44.3 Å². The summed E-state index contributed by atoms with van der Waals surface area (Å²) in [6, 6.07) is 8.96. The van der Waals surface area contributed by atoms with Gasteiger partial charge in [0.2, 0.25) is 0 Å². The average molecular weight is 406 g/mol. The van der Waals surface area contributed by atoms with Crippen molar-refractivity contribution in [1.29, 1.82) is 0 Å². The van der Waals surface area contributed by atoms with Gasteiger partial charge in [-0.1, -0.05) is 22.9 Å². The van der Waals surface area contributed by atoms with E-state index >= 15 is 0 Å². The summed E-state index contributed by atoms with van der Waals surface area (Å²) in [5.74, 6) is 0.144. The molecule has 1 aliphatic rings. The molecule has 0 spiro atoms. The fourth-order valence-corrected chi connectivity index (χ4v) is 4.36. The molecule has 6 nitrogen and oxygen atoms in total. The predicted molar refractivity (Wildman–Crippen MR) is 107 cm³/mol. The fourth-order valence-electron chi connectivity index (χ4n) is 3.10. The zero-order valence-electron chi connectivity index (χ0n) is 14.8. The third kappa shape index (κ3) is 4.32. The first-order valence-corrected chi connectivity index (χ1v) is 10.1. The van der Waals surface area contributed by atoms with E-state index in [1.807, 2.05) is 18.2 Å². The van der Waals surface area contributed by atoms with E-state index in [1.54, 1.807) is 17.0 Å². The molecule has 0 atom stereocenters. The van der Waals surface area contributed by atoms with Crippen molar-refractivity contribution in [3.8, 4) is 0 Å². The highest BCUT2D eigenvalue weighted by Crippen LogP contribution is 2.31. The molecule has 1 aromatic carbocycles. The van der Waals surface area contributed by atoms with Crippen molar-refractivity contribution >= 4 is 44.2 Å². The maximum atomic E-state index is 13.0. The van der Waals surface area contributed by atoms with E-state index in [1.165, 1.54) is 17.6 Å². The van der Waals surface area contributed by atoms with E-state index in [4.69, 9.17) is 20.8 Å². The molecule has 0 N–H and O–H groups in total. The van der Waals surface area contributed by atoms with Gasteiger partial charge in [0, 0.05) is 31.2 Å². The second kappa shape index (κ2) is 8.39. The summed E-state index contributed by atoms with van der Waals surface area (Å²) in [4.78, 5) is 21.7. The second-order valence-corrected chi connectivity index (χ2v) is 7.80. The first-order valence-electron chi connectivity index (χ1n) is 8.92. The minimum Gasteiger partial charge on any atom is -0.459 e. The van der Waals surface area contributed by atoms with E-state index in [0.29, 0.717) is 22.5 Å². The predicted octanol–water partition coefficient (Wildman–Crippen LogP) is 3.91. The molecule has 0 aliphatic carbocycles. The monoisotopic (exact) mass is 405 g/mol. The number of anilines is 1. The normalized spacial score (nSPS) is 15.3. The summed E-state index contributed by atoms with van der Waals surface area (Å²) >= 11 is 7.55. The molecule has 1 amide bonds. The number of halogens is 1. The largest absolute Gasteiger partial charge is 0.459 e. The summed E-state index contributed by atoms with van der Waals surface area (Å²) < 4.78 is 11.7. The van der Waals surface area contributed by atoms with Crippen molar-refractivity contribution in [3.63, 3.8) is 0 Å². The molecule has 1 aliphatic heterocycles. The third-order valence-corrected chi connectivity index (χ3v) is 5.78. The second-order valence-electron chi connectivity index (χ2n) is 6.35. The van der Waals surface area contributed by atoms with Crippen molar-refractivity contribution in [2.45, 2.75) is 6.42 Å². The summed E-state index contributed by atoms with van der Waals surface area (Å²) in [7, 11) is 0. The molecule has 1 fully saturated rings. The fraction of sp³-hybridized carbons (Fsp3) is 0.368. The van der Waals surface area contributed by atoms with Gasteiger partial charge < -0.3 is 9.15 Å². The number of amides is 1. The molecule has 0 unspecified atom stereocenters. The van der Waals surface area contributed by atoms with Crippen LogP contribution in [0, 0.1) is 0 Å². The first-order chi connectivity index (χ1) is 13.2. The molecular formula is C19H20ClN3O3S. The lowest BCUT2D eigenvalue weighted by Crippen LogP contribution is -2.39. The van der Waals surface area contributed by atoms with Crippen molar-refractivity contribution < 1.29 is 13.9 Å². The Balaban J connectivity index is 1.53. The summed E-state index contributed by atoms with van der Waals surface area (Å²) in [5, 5.41) is 1.32. The average Bonchev–Trinajstić information content (AvgIpc) is 3.35. The number of morpholine rings is 1. The topological polar surface area (TPSA) is 58.8 Å². The molecule has 4 rings (SSSR count). The van der Waals surface area contributed by atoms with E-state index in [2.05, 4.69) is 9.88 Å². The Morgan fingerprint density at radius 1 is 1.30 bits per heavy atom. The highest BCUT2D eigenvalue weighted by Gasteiger charge is 2.23. The van der Waals surface area contributed by atoms with Crippen LogP contribution in [0.15, 0.2) is 41.0 Å². The molecule has 2 aromatic heterocycles. The lowest BCUT2D eigenvalue weighted by Gasteiger charge is -2.27. The van der Waals surface area contributed by atoms with Gasteiger partial charge in [-0.3, -0.25) is 14.6 Å². The van der Waals surface area contributed by atoms with Crippen LogP contribution in [0.2, 0.25) is 5.02 Å². The SMILES string of the molecule is O=C(c1ccco1)N(CCCN1CCOCC1)c1nc2ccc(Cl)cc2s1. The van der Waals surface area contributed by atoms with Gasteiger partial charge in [0.15, 0.2) is 10.9 Å². The molecule has 3 heterocycles. The van der Waals surface area contributed by atoms with Gasteiger partial charge in [-0.2, -0.15) is 0 Å². The van der Waals surface area contributed by atoms with Gasteiger partial charge in [0.05, 0.1) is 29.7 Å². The molecule has 142 valence electrons. The van der Waals surface area contributed by atoms with Gasteiger partial charge in [0.25, 0.3) is 5.91 Å². The molecular weight excluding hydrogens is 386 g/mol. The Labute approximate surface area is 166 Å². The number of nitrogens with zero attached hydrogens (tertiary/aromatic N) is 3. The minimum absolute atomic E-state index is 0.174. The maximum absolute atomic E-state index is 13.0. The lowest BCUT2D eigenvalue weighted by atomic mass is 10.3. The zero-order chi connectivity index (χ0) is 18.6. The Morgan fingerprint density at radius 2 is 2.15 bits per heavy atom. The Morgan fingerprint density at radius 3 is 2.93 bits per heavy atom. The Kier molecular flexibility index (Phi) is 5.73. The maximum Gasteiger partial charge on any atom is 0.295 e. The third-order valence-electron chi connectivity index (χ3n) is 4.51. The number of rotatable bonds is 6. The molecule has 27 heavy (non-hydrogen) atoms. The highest BCUT2D eigenvalue weighted by atomic mass is 35.5. The van der Waals surface area contributed by atoms with Crippen LogP contribution in [0.1, 0.15) is 17.0 Å². The number of fused-ring (bicyclic) bond motifs is 1. The van der Waals surface area contributed by atoms with Crippen molar-refractivity contribution in [1.82, 2.24) is 9.88 Å². The number of benzene rings is 1. The van der Waals surface area contributed by atoms with Crippen LogP contribution >= 0.6 is 22.9 Å². The highest BCUT2D eigenvalue weighted by molar-refractivity contribution is 7.22. The van der Waals surface area contributed by atoms with Gasteiger partial charge in [-0.15, -0.1) is 0 Å². The summed E-state index contributed by atoms with van der Waals surface area (Å²) in [5.41, 5.74) is 0.838. The van der Waals surface area contributed by atoms with Crippen LogP contribution < -0.4 is 4.90 Å². The molecule has 3 aromatic rings. The number of ether oxygens (including phenoxy) is 1. The smallest absolute Gasteiger partial charge is 0.295 e. The van der Waals surface area contributed by atoms with E-state index in [-0.39, 0.29) is 5.91 Å². The minimum atomic E-state index is -0.174. The van der Waals surface area contributed by atoms with Gasteiger partial charge in [-0.25, -0.2) is 4.98 Å². The van der Waals surface area contributed by atoms with Crippen molar-refractivity contribution in [3.05, 3.63) is 47.4 Å². The number of hydrogen-bond acceptors (Lipinski definition) is 6. The number of hydrogen-bond donors (Lipinski definition) is 0. The van der Waals surface area contributed by atoms with Crippen LogP contribution in [-0.2, 0) is 4.74 Å². The first kappa shape index (κ1) is 18.4. The molecule has 1 saturated heterocycles. The van der Waals surface area contributed by atoms with Crippen molar-refractivity contribution in [2.24, 2.45) is 0 Å². The lowest BCUT2D eigenvalue weighted by molar-refractivity contribution is 0.0376. The number of furan rings is 1. The van der Waals surface area contributed by atoms with Crippen LogP contribution in [0.5, 0.6) is 0 Å². The van der Waals surface area contributed by atoms with Gasteiger partial charge >= 0.3 is 0 Å². The molecule has 0 saturated carbocycles.